The number of pyridine rings is 1. The van der Waals surface area contributed by atoms with E-state index in [1.807, 2.05) is 6.07 Å². The van der Waals surface area contributed by atoms with E-state index in [4.69, 9.17) is 0 Å². The number of hydrogen-bond acceptors (Lipinski definition) is 7. The Kier molecular flexibility index (Phi) is 5.01. The first-order valence-electron chi connectivity index (χ1n) is 9.93. The van der Waals surface area contributed by atoms with E-state index in [-0.39, 0.29) is 22.9 Å². The highest BCUT2D eigenvalue weighted by Crippen LogP contribution is 2.32. The third-order valence-electron chi connectivity index (χ3n) is 5.04. The van der Waals surface area contributed by atoms with Gasteiger partial charge in [0.25, 0.3) is 5.91 Å². The number of carbonyl (C=O) groups is 1. The minimum atomic E-state index is -4.91. The van der Waals surface area contributed by atoms with Crippen molar-refractivity contribution in [1.82, 2.24) is 39.5 Å². The number of carbonyl (C=O) groups excluding carboxylic acids is 1. The Labute approximate surface area is 194 Å². The Morgan fingerprint density at radius 2 is 1.86 bits per heavy atom. The maximum absolute atomic E-state index is 13.8. The van der Waals surface area contributed by atoms with E-state index >= 15 is 0 Å². The van der Waals surface area contributed by atoms with Gasteiger partial charge in [0.2, 0.25) is 0 Å². The number of nitrogens with one attached hydrogen (secondary N) is 1. The van der Waals surface area contributed by atoms with Crippen LogP contribution in [0.3, 0.4) is 0 Å². The maximum atomic E-state index is 13.8. The molecule has 0 unspecified atom stereocenters. The number of rotatable bonds is 4. The van der Waals surface area contributed by atoms with Gasteiger partial charge in [0.15, 0.2) is 17.3 Å². The number of benzene rings is 1. The van der Waals surface area contributed by atoms with Crippen molar-refractivity contribution < 1.29 is 18.0 Å². The van der Waals surface area contributed by atoms with Crippen molar-refractivity contribution in [3.05, 3.63) is 71.9 Å². The van der Waals surface area contributed by atoms with Gasteiger partial charge in [-0.25, -0.2) is 9.67 Å². The third kappa shape index (κ3) is 3.84. The fraction of sp³-hybridized carbons (Fsp3) is 0.0952. The molecule has 14 heteroatoms. The summed E-state index contributed by atoms with van der Waals surface area (Å²) in [6.45, 7) is 0. The Morgan fingerprint density at radius 1 is 1.11 bits per heavy atom. The van der Waals surface area contributed by atoms with E-state index in [9.17, 15) is 23.2 Å². The fourth-order valence-electron chi connectivity index (χ4n) is 3.51. The molecule has 0 saturated carbocycles. The van der Waals surface area contributed by atoms with Crippen LogP contribution in [0, 0.1) is 11.3 Å². The van der Waals surface area contributed by atoms with Gasteiger partial charge in [-0.05, 0) is 18.2 Å². The first kappa shape index (κ1) is 21.8. The predicted molar refractivity (Wildman–Crippen MR) is 115 cm³/mol. The molecule has 11 nitrogen and oxygen atoms in total. The van der Waals surface area contributed by atoms with Gasteiger partial charge in [0, 0.05) is 18.6 Å². The highest BCUT2D eigenvalue weighted by molar-refractivity contribution is 6.05. The zero-order valence-corrected chi connectivity index (χ0v) is 17.8. The number of nitriles is 1. The summed E-state index contributed by atoms with van der Waals surface area (Å²) < 4.78 is 43.7. The summed E-state index contributed by atoms with van der Waals surface area (Å²) in [6.07, 6.45) is 0.0163. The van der Waals surface area contributed by atoms with Crippen LogP contribution in [0.25, 0.3) is 22.5 Å². The van der Waals surface area contributed by atoms with Crippen LogP contribution in [0.1, 0.15) is 21.6 Å². The van der Waals surface area contributed by atoms with Gasteiger partial charge in [-0.1, -0.05) is 12.1 Å². The highest BCUT2D eigenvalue weighted by atomic mass is 19.4. The predicted octanol–water partition coefficient (Wildman–Crippen LogP) is 2.88. The molecule has 0 fully saturated rings. The molecule has 5 rings (SSSR count). The second-order valence-electron chi connectivity index (χ2n) is 7.28. The van der Waals surface area contributed by atoms with E-state index in [0.29, 0.717) is 10.9 Å². The molecule has 4 aromatic heterocycles. The van der Waals surface area contributed by atoms with Crippen molar-refractivity contribution in [2.24, 2.45) is 7.05 Å². The van der Waals surface area contributed by atoms with Gasteiger partial charge in [-0.15, -0.1) is 4.80 Å². The normalized spacial score (nSPS) is 11.5. The number of halogens is 3. The summed E-state index contributed by atoms with van der Waals surface area (Å²) >= 11 is 0. The number of para-hydroxylation sites is 1. The van der Waals surface area contributed by atoms with Crippen LogP contribution in [-0.2, 0) is 13.2 Å². The molecule has 0 aliphatic rings. The van der Waals surface area contributed by atoms with Gasteiger partial charge in [0.1, 0.15) is 11.6 Å². The largest absolute Gasteiger partial charge is 0.435 e. The molecule has 35 heavy (non-hydrogen) atoms. The summed E-state index contributed by atoms with van der Waals surface area (Å²) in [4.78, 5) is 18.0. The Hall–Kier alpha value is -5.06. The van der Waals surface area contributed by atoms with E-state index in [1.54, 1.807) is 31.3 Å². The lowest BCUT2D eigenvalue weighted by Crippen LogP contribution is -2.18. The zero-order chi connectivity index (χ0) is 24.7. The number of aryl methyl sites for hydroxylation is 1. The van der Waals surface area contributed by atoms with E-state index < -0.39 is 23.3 Å². The third-order valence-corrected chi connectivity index (χ3v) is 5.04. The van der Waals surface area contributed by atoms with Gasteiger partial charge in [-0.2, -0.15) is 38.8 Å². The van der Waals surface area contributed by atoms with Gasteiger partial charge >= 0.3 is 6.18 Å². The molecule has 0 atom stereocenters. The second kappa shape index (κ2) is 8.06. The molecule has 1 N–H and O–H groups in total. The highest BCUT2D eigenvalue weighted by Gasteiger charge is 2.40. The van der Waals surface area contributed by atoms with E-state index in [0.717, 1.165) is 15.7 Å². The van der Waals surface area contributed by atoms with Crippen molar-refractivity contribution in [1.29, 1.82) is 5.26 Å². The van der Waals surface area contributed by atoms with E-state index in [1.165, 1.54) is 29.3 Å². The van der Waals surface area contributed by atoms with Crippen molar-refractivity contribution in [2.45, 2.75) is 6.18 Å². The number of aromatic nitrogens is 8. The second-order valence-corrected chi connectivity index (χ2v) is 7.28. The lowest BCUT2D eigenvalue weighted by Gasteiger charge is -2.08. The zero-order valence-electron chi connectivity index (χ0n) is 17.8. The van der Waals surface area contributed by atoms with Crippen LogP contribution in [0.15, 0.2) is 55.1 Å². The van der Waals surface area contributed by atoms with Gasteiger partial charge < -0.3 is 5.32 Å². The maximum Gasteiger partial charge on any atom is 0.435 e. The van der Waals surface area contributed by atoms with Crippen molar-refractivity contribution in [2.75, 3.05) is 5.32 Å². The monoisotopic (exact) mass is 478 g/mol. The fourth-order valence-corrected chi connectivity index (χ4v) is 3.51. The van der Waals surface area contributed by atoms with Crippen LogP contribution < -0.4 is 5.32 Å². The molecule has 1 aromatic carbocycles. The quantitative estimate of drug-likeness (QED) is 0.420. The minimum Gasteiger partial charge on any atom is -0.320 e. The molecular weight excluding hydrogens is 465 g/mol. The molecule has 0 spiro atoms. The number of nitrogens with zero attached hydrogens (tertiary/aromatic N) is 9. The standard InChI is InChI=1S/C21H13F3N10O/c1-32-16-5-3-2-4-14(16)19(31-32)33-11-15(17(30-33)21(22,23)24)20(35)29-13-8-12(9-25)18(26-10-13)34-27-6-7-28-34/h2-8,10-11H,1H3,(H,29,35). The minimum absolute atomic E-state index is 0.00527. The summed E-state index contributed by atoms with van der Waals surface area (Å²) in [7, 11) is 1.65. The van der Waals surface area contributed by atoms with Crippen LogP contribution in [0.4, 0.5) is 18.9 Å². The van der Waals surface area contributed by atoms with Crippen molar-refractivity contribution in [3.8, 4) is 17.7 Å². The summed E-state index contributed by atoms with van der Waals surface area (Å²) in [5.41, 5.74) is -1.41. The number of hydrogen-bond donors (Lipinski definition) is 1. The van der Waals surface area contributed by atoms with Crippen molar-refractivity contribution >= 4 is 22.5 Å². The smallest absolute Gasteiger partial charge is 0.320 e. The molecule has 0 aliphatic heterocycles. The molecule has 174 valence electrons. The number of anilines is 1. The molecular formula is C21H13F3N10O. The molecule has 1 amide bonds. The van der Waals surface area contributed by atoms with Gasteiger partial charge in [-0.3, -0.25) is 9.48 Å². The summed E-state index contributed by atoms with van der Waals surface area (Å²) in [6, 6.07) is 10.1. The lowest BCUT2D eigenvalue weighted by atomic mass is 10.2. The first-order chi connectivity index (χ1) is 16.8. The van der Waals surface area contributed by atoms with Crippen LogP contribution >= 0.6 is 0 Å². The summed E-state index contributed by atoms with van der Waals surface area (Å²) in [5, 5.41) is 28.0. The average Bonchev–Trinajstić information content (AvgIpc) is 3.58. The molecule has 5 aromatic rings. The lowest BCUT2D eigenvalue weighted by molar-refractivity contribution is -0.141. The Balaban J connectivity index is 1.53. The molecule has 0 aliphatic carbocycles. The molecule has 0 bridgehead atoms. The van der Waals surface area contributed by atoms with Crippen LogP contribution in [0.2, 0.25) is 0 Å². The Bertz CT molecular complexity index is 1610. The Morgan fingerprint density at radius 3 is 2.57 bits per heavy atom. The number of alkyl halides is 3. The van der Waals surface area contributed by atoms with Crippen molar-refractivity contribution in [3.63, 3.8) is 0 Å². The van der Waals surface area contributed by atoms with Gasteiger partial charge in [0.05, 0.1) is 35.4 Å². The average molecular weight is 478 g/mol. The molecule has 4 heterocycles. The molecule has 0 radical (unpaired) electrons. The topological polar surface area (TPSA) is 132 Å². The van der Waals surface area contributed by atoms with Crippen LogP contribution in [0.5, 0.6) is 0 Å². The SMILES string of the molecule is Cn1nc(-n2cc(C(=O)Nc3cnc(-n4nccn4)c(C#N)c3)c(C(F)(F)F)n2)c2ccccc21. The number of amides is 1. The molecule has 0 saturated heterocycles. The number of fused-ring (bicyclic) bond motifs is 1. The van der Waals surface area contributed by atoms with E-state index in [2.05, 4.69) is 30.7 Å². The summed E-state index contributed by atoms with van der Waals surface area (Å²) in [5.74, 6) is -0.849. The van der Waals surface area contributed by atoms with Crippen LogP contribution in [-0.4, -0.2) is 45.4 Å². The first-order valence-corrected chi connectivity index (χ1v) is 9.93.